The number of aliphatic carboxylic acids is 1. The number of carbonyl (C=O) groups is 3. The first kappa shape index (κ1) is 14.3. The summed E-state index contributed by atoms with van der Waals surface area (Å²) in [6.45, 7) is 0. The second-order valence-corrected chi connectivity index (χ2v) is 4.51. The van der Waals surface area contributed by atoms with E-state index in [-0.39, 0.29) is 6.04 Å². The molecule has 0 aliphatic heterocycles. The van der Waals surface area contributed by atoms with Crippen LogP contribution in [0.25, 0.3) is 0 Å². The largest absolute Gasteiger partial charge is 0.480 e. The maximum atomic E-state index is 11.2. The topological polar surface area (TPSA) is 121 Å². The lowest BCUT2D eigenvalue weighted by Crippen LogP contribution is -2.52. The van der Waals surface area contributed by atoms with Gasteiger partial charge in [0.15, 0.2) is 0 Å². The zero-order valence-electron chi connectivity index (χ0n) is 10.0. The van der Waals surface area contributed by atoms with E-state index in [9.17, 15) is 14.4 Å². The van der Waals surface area contributed by atoms with Crippen molar-refractivity contribution >= 4 is 18.0 Å². The summed E-state index contributed by atoms with van der Waals surface area (Å²) in [5.41, 5.74) is 4.98. The normalized spacial score (nSPS) is 18.0. The molecule has 1 aliphatic rings. The van der Waals surface area contributed by atoms with Crippen molar-refractivity contribution in [1.29, 1.82) is 0 Å². The van der Waals surface area contributed by atoms with Crippen molar-refractivity contribution in [1.82, 2.24) is 4.90 Å². The summed E-state index contributed by atoms with van der Waals surface area (Å²) in [6, 6.07) is -1.72. The number of hydrogen-bond donors (Lipinski definition) is 3. The van der Waals surface area contributed by atoms with E-state index in [1.165, 1.54) is 0 Å². The number of primary amides is 1. The van der Waals surface area contributed by atoms with Crippen LogP contribution in [-0.2, 0) is 9.59 Å². The average Bonchev–Trinajstić information content (AvgIpc) is 2.28. The Balaban J connectivity index is 2.88. The van der Waals surface area contributed by atoms with Gasteiger partial charge in [-0.05, 0) is 12.8 Å². The van der Waals surface area contributed by atoms with Gasteiger partial charge in [-0.2, -0.15) is 0 Å². The number of amides is 2. The summed E-state index contributed by atoms with van der Waals surface area (Å²) >= 11 is 0. The minimum absolute atomic E-state index is 0.336. The Morgan fingerprint density at radius 3 is 2.11 bits per heavy atom. The molecule has 2 amide bonds. The summed E-state index contributed by atoms with van der Waals surface area (Å²) in [5.74, 6) is -2.15. The Kier molecular flexibility index (Phi) is 4.94. The lowest BCUT2D eigenvalue weighted by molar-refractivity contribution is -0.145. The monoisotopic (exact) mass is 258 g/mol. The molecular formula is C11H18N2O5. The van der Waals surface area contributed by atoms with E-state index >= 15 is 0 Å². The van der Waals surface area contributed by atoms with Crippen molar-refractivity contribution in [3.05, 3.63) is 0 Å². The van der Waals surface area contributed by atoms with Gasteiger partial charge in [0.05, 0.1) is 6.42 Å². The number of nitrogens with zero attached hydrogens (tertiary/aromatic N) is 1. The van der Waals surface area contributed by atoms with Crippen molar-refractivity contribution in [2.24, 2.45) is 5.73 Å². The second-order valence-electron chi connectivity index (χ2n) is 4.51. The third-order valence-electron chi connectivity index (χ3n) is 3.20. The van der Waals surface area contributed by atoms with Gasteiger partial charge in [-0.25, -0.2) is 9.59 Å². The van der Waals surface area contributed by atoms with Gasteiger partial charge in [-0.15, -0.1) is 0 Å². The molecule has 7 nitrogen and oxygen atoms in total. The van der Waals surface area contributed by atoms with Gasteiger partial charge >= 0.3 is 12.1 Å². The van der Waals surface area contributed by atoms with Gasteiger partial charge in [0, 0.05) is 6.04 Å². The van der Waals surface area contributed by atoms with Crippen LogP contribution in [0, 0.1) is 0 Å². The highest BCUT2D eigenvalue weighted by Crippen LogP contribution is 2.25. The van der Waals surface area contributed by atoms with Crippen LogP contribution in [0.2, 0.25) is 0 Å². The van der Waals surface area contributed by atoms with Gasteiger partial charge in [-0.3, -0.25) is 9.69 Å². The first-order valence-electron chi connectivity index (χ1n) is 5.96. The van der Waals surface area contributed by atoms with E-state index in [1.807, 2.05) is 0 Å². The van der Waals surface area contributed by atoms with Crippen molar-refractivity contribution in [3.63, 3.8) is 0 Å². The summed E-state index contributed by atoms with van der Waals surface area (Å²) in [5, 5.41) is 18.2. The summed E-state index contributed by atoms with van der Waals surface area (Å²) in [7, 11) is 0. The van der Waals surface area contributed by atoms with Crippen LogP contribution >= 0.6 is 0 Å². The maximum Gasteiger partial charge on any atom is 0.408 e. The van der Waals surface area contributed by atoms with Crippen molar-refractivity contribution in [2.45, 2.75) is 50.6 Å². The number of rotatable bonds is 5. The van der Waals surface area contributed by atoms with Crippen LogP contribution in [0.4, 0.5) is 4.79 Å². The molecule has 0 unspecified atom stereocenters. The first-order chi connectivity index (χ1) is 8.43. The standard InChI is InChI=1S/C11H18N2O5/c12-9(14)6-8(10(15)16)13(11(17)18)7-4-2-1-3-5-7/h7-8H,1-6H2,(H2,12,14)(H,15,16)(H,17,18)/t8-/m0/s1. The zero-order valence-corrected chi connectivity index (χ0v) is 10.0. The molecule has 1 atom stereocenters. The summed E-state index contributed by atoms with van der Waals surface area (Å²) < 4.78 is 0. The SMILES string of the molecule is NC(=O)C[C@@H](C(=O)O)N(C(=O)O)C1CCCCC1. The molecule has 0 aromatic heterocycles. The molecule has 0 saturated heterocycles. The Hall–Kier alpha value is -1.79. The fourth-order valence-electron chi connectivity index (χ4n) is 2.40. The van der Waals surface area contributed by atoms with E-state index in [2.05, 4.69) is 0 Å². The predicted octanol–water partition coefficient (Wildman–Crippen LogP) is 0.628. The predicted molar refractivity (Wildman–Crippen MR) is 62.0 cm³/mol. The van der Waals surface area contributed by atoms with Crippen molar-refractivity contribution in [3.8, 4) is 0 Å². The molecule has 7 heteroatoms. The van der Waals surface area contributed by atoms with E-state index in [0.717, 1.165) is 24.2 Å². The quantitative estimate of drug-likeness (QED) is 0.667. The van der Waals surface area contributed by atoms with E-state index in [4.69, 9.17) is 15.9 Å². The van der Waals surface area contributed by atoms with Crippen LogP contribution in [0.5, 0.6) is 0 Å². The maximum absolute atomic E-state index is 11.2. The Labute approximate surface area is 105 Å². The lowest BCUT2D eigenvalue weighted by atomic mass is 9.93. The smallest absolute Gasteiger partial charge is 0.408 e. The van der Waals surface area contributed by atoms with Crippen molar-refractivity contribution in [2.75, 3.05) is 0 Å². The Morgan fingerprint density at radius 2 is 1.72 bits per heavy atom. The molecule has 1 fully saturated rings. The van der Waals surface area contributed by atoms with Crippen LogP contribution in [0.1, 0.15) is 38.5 Å². The van der Waals surface area contributed by atoms with Gasteiger partial charge in [0.25, 0.3) is 0 Å². The minimum atomic E-state index is -1.39. The highest BCUT2D eigenvalue weighted by Gasteiger charge is 2.36. The van der Waals surface area contributed by atoms with Gasteiger partial charge in [0.2, 0.25) is 5.91 Å². The van der Waals surface area contributed by atoms with Gasteiger partial charge in [-0.1, -0.05) is 19.3 Å². The molecule has 1 aliphatic carbocycles. The van der Waals surface area contributed by atoms with Gasteiger partial charge in [0.1, 0.15) is 6.04 Å². The fraction of sp³-hybridized carbons (Fsp3) is 0.727. The lowest BCUT2D eigenvalue weighted by Gasteiger charge is -2.35. The molecule has 102 valence electrons. The molecule has 18 heavy (non-hydrogen) atoms. The number of carboxylic acids is 1. The summed E-state index contributed by atoms with van der Waals surface area (Å²) in [4.78, 5) is 34.1. The number of nitrogens with two attached hydrogens (primary N) is 1. The van der Waals surface area contributed by atoms with E-state index in [0.29, 0.717) is 12.8 Å². The minimum Gasteiger partial charge on any atom is -0.480 e. The number of carboxylic acid groups (broad SMARTS) is 2. The van der Waals surface area contributed by atoms with Crippen molar-refractivity contribution < 1.29 is 24.6 Å². The highest BCUT2D eigenvalue weighted by molar-refractivity contribution is 5.86. The highest BCUT2D eigenvalue weighted by atomic mass is 16.4. The zero-order chi connectivity index (χ0) is 13.7. The molecule has 1 saturated carbocycles. The molecule has 1 rings (SSSR count). The number of carbonyl (C=O) groups excluding carboxylic acids is 1. The Morgan fingerprint density at radius 1 is 1.17 bits per heavy atom. The van der Waals surface area contributed by atoms with E-state index < -0.39 is 30.4 Å². The molecule has 0 bridgehead atoms. The third kappa shape index (κ3) is 3.61. The third-order valence-corrected chi connectivity index (χ3v) is 3.20. The molecule has 0 heterocycles. The van der Waals surface area contributed by atoms with E-state index in [1.54, 1.807) is 0 Å². The van der Waals surface area contributed by atoms with Crippen LogP contribution < -0.4 is 5.73 Å². The molecule has 0 radical (unpaired) electrons. The molecule has 0 aromatic rings. The molecule has 0 spiro atoms. The fourth-order valence-corrected chi connectivity index (χ4v) is 2.40. The first-order valence-corrected chi connectivity index (χ1v) is 5.96. The average molecular weight is 258 g/mol. The second kappa shape index (κ2) is 6.23. The van der Waals surface area contributed by atoms with Crippen LogP contribution in [-0.4, -0.2) is 45.2 Å². The summed E-state index contributed by atoms with van der Waals surface area (Å²) in [6.07, 6.45) is 2.24. The number of hydrogen-bond acceptors (Lipinski definition) is 3. The Bertz CT molecular complexity index is 338. The molecule has 0 aromatic carbocycles. The van der Waals surface area contributed by atoms with Crippen LogP contribution in [0.15, 0.2) is 0 Å². The molecule has 4 N–H and O–H groups in total. The van der Waals surface area contributed by atoms with Crippen LogP contribution in [0.3, 0.4) is 0 Å². The molecular weight excluding hydrogens is 240 g/mol. The van der Waals surface area contributed by atoms with Gasteiger partial charge < -0.3 is 15.9 Å².